The molecule has 1 amide bonds. The van der Waals surface area contributed by atoms with Crippen molar-refractivity contribution in [3.8, 4) is 0 Å². The maximum absolute atomic E-state index is 12.4. The molecule has 0 saturated carbocycles. The fourth-order valence-corrected chi connectivity index (χ4v) is 6.90. The Morgan fingerprint density at radius 2 is 1.95 bits per heavy atom. The number of aliphatic hydroxyl groups excluding tert-OH is 1. The number of nitrogens with zero attached hydrogens (tertiary/aromatic N) is 3. The summed E-state index contributed by atoms with van der Waals surface area (Å²) in [4.78, 5) is 38.9. The predicted octanol–water partition coefficient (Wildman–Crippen LogP) is 1.63. The van der Waals surface area contributed by atoms with Crippen molar-refractivity contribution in [1.29, 1.82) is 0 Å². The molecule has 6 atom stereocenters. The van der Waals surface area contributed by atoms with E-state index in [9.17, 15) is 28.5 Å². The van der Waals surface area contributed by atoms with Gasteiger partial charge in [-0.05, 0) is 35.7 Å². The number of fused-ring (bicyclic) bond motifs is 1. The summed E-state index contributed by atoms with van der Waals surface area (Å²) < 4.78 is 57.6. The first-order valence-corrected chi connectivity index (χ1v) is 16.8. The number of amides is 1. The van der Waals surface area contributed by atoms with E-state index >= 15 is 0 Å². The Hall–Kier alpha value is -1.95. The molecule has 2 aromatic heterocycles. The van der Waals surface area contributed by atoms with E-state index in [-0.39, 0.29) is 24.6 Å². The van der Waals surface area contributed by atoms with Crippen LogP contribution in [0.5, 0.6) is 0 Å². The average molecular weight is 659 g/mol. The Balaban J connectivity index is 1.59. The minimum absolute atomic E-state index is 0.0343. The maximum atomic E-state index is 12.4. The van der Waals surface area contributed by atoms with Gasteiger partial charge in [-0.1, -0.05) is 12.8 Å². The molecule has 0 radical (unpaired) electrons. The van der Waals surface area contributed by atoms with Gasteiger partial charge in [-0.15, -0.1) is 9.20 Å². The lowest BCUT2D eigenvalue weighted by Gasteiger charge is -2.14. The van der Waals surface area contributed by atoms with E-state index in [1.807, 2.05) is 0 Å². The molecular formula is C20H34N6O13P3+. The van der Waals surface area contributed by atoms with Gasteiger partial charge in [-0.2, -0.15) is 4.31 Å². The number of aromatic nitrogens is 3. The van der Waals surface area contributed by atoms with Gasteiger partial charge in [0.2, 0.25) is 5.91 Å². The van der Waals surface area contributed by atoms with Gasteiger partial charge in [-0.3, -0.25) is 9.69 Å². The highest BCUT2D eigenvalue weighted by molar-refractivity contribution is 7.64. The summed E-state index contributed by atoms with van der Waals surface area (Å²) in [6.07, 6.45) is 4.25. The van der Waals surface area contributed by atoms with Crippen molar-refractivity contribution in [2.24, 2.45) is 5.73 Å². The van der Waals surface area contributed by atoms with Crippen LogP contribution in [-0.4, -0.2) is 72.5 Å². The van der Waals surface area contributed by atoms with Crippen molar-refractivity contribution >= 4 is 46.7 Å². The minimum atomic E-state index is -5.45. The number of anilines is 1. The number of aryl methyl sites for hydroxylation is 1. The molecular weight excluding hydrogens is 625 g/mol. The van der Waals surface area contributed by atoms with Crippen molar-refractivity contribution in [2.75, 3.05) is 25.4 Å². The summed E-state index contributed by atoms with van der Waals surface area (Å²) in [6.45, 7) is 0.621. The molecule has 42 heavy (non-hydrogen) atoms. The molecule has 0 aliphatic carbocycles. The van der Waals surface area contributed by atoms with Gasteiger partial charge in [0.1, 0.15) is 36.7 Å². The van der Waals surface area contributed by atoms with Crippen molar-refractivity contribution in [3.05, 3.63) is 18.1 Å². The number of carbonyl (C=O) groups excluding carboxylic acids is 1. The number of hydrogen-bond donors (Lipinski definition) is 7. The van der Waals surface area contributed by atoms with Gasteiger partial charge >= 0.3 is 23.9 Å². The number of carbonyl (C=O) groups is 1. The summed E-state index contributed by atoms with van der Waals surface area (Å²) in [5.74, 6) is 0.0612. The summed E-state index contributed by atoms with van der Waals surface area (Å²) >= 11 is 0. The van der Waals surface area contributed by atoms with E-state index in [1.165, 1.54) is 6.33 Å². The number of ether oxygens (including phenoxy) is 1. The second kappa shape index (κ2) is 15.7. The van der Waals surface area contributed by atoms with Crippen molar-refractivity contribution < 1.29 is 61.2 Å². The van der Waals surface area contributed by atoms with Gasteiger partial charge in [0, 0.05) is 30.1 Å². The number of nitrogens with two attached hydrogens (primary N) is 2. The number of nitrogens with one attached hydrogen (secondary N) is 1. The number of nitrogen functional groups attached to an aromatic ring is 1. The molecule has 1 fully saturated rings. The zero-order valence-corrected chi connectivity index (χ0v) is 24.9. The lowest BCUT2D eigenvalue weighted by molar-refractivity contribution is -0.157. The molecule has 1 aliphatic heterocycles. The molecule has 1 aliphatic rings. The minimum Gasteiger partial charge on any atom is -0.390 e. The average Bonchev–Trinajstić information content (AvgIpc) is 3.48. The Labute approximate surface area is 240 Å². The third-order valence-corrected chi connectivity index (χ3v) is 9.71. The Morgan fingerprint density at radius 3 is 2.67 bits per heavy atom. The number of hydrogen-bond acceptors (Lipinski definition) is 15. The molecule has 19 nitrogen and oxygen atoms in total. The van der Waals surface area contributed by atoms with E-state index in [2.05, 4.69) is 28.6 Å². The first kappa shape index (κ1) is 34.5. The molecule has 3 rings (SSSR count). The number of unbranched alkanes of at least 4 members (excludes halogenated alkanes) is 3. The summed E-state index contributed by atoms with van der Waals surface area (Å²) in [5, 5.41) is 22.1. The van der Waals surface area contributed by atoms with Gasteiger partial charge in [0.15, 0.2) is 0 Å². The number of aliphatic hydroxyl groups is 1. The van der Waals surface area contributed by atoms with Crippen LogP contribution in [0.3, 0.4) is 0 Å². The van der Waals surface area contributed by atoms with Crippen molar-refractivity contribution in [2.45, 2.75) is 63.4 Å². The normalized spacial score (nSPS) is 22.1. The van der Waals surface area contributed by atoms with Crippen LogP contribution in [0, 0.1) is 0 Å². The lowest BCUT2D eigenvalue weighted by Crippen LogP contribution is -2.25. The fourth-order valence-electron chi connectivity index (χ4n) is 4.22. The van der Waals surface area contributed by atoms with Crippen LogP contribution < -0.4 is 16.8 Å². The molecule has 3 unspecified atom stereocenters. The zero-order valence-electron chi connectivity index (χ0n) is 22.3. The van der Waals surface area contributed by atoms with E-state index in [0.29, 0.717) is 36.1 Å². The number of rotatable bonds is 18. The Morgan fingerprint density at radius 1 is 1.21 bits per heavy atom. The quantitative estimate of drug-likeness (QED) is 0.0518. The first-order chi connectivity index (χ1) is 19.9. The maximum Gasteiger partial charge on any atom is 0.708 e. The van der Waals surface area contributed by atoms with Gasteiger partial charge in [0.25, 0.3) is 0 Å². The summed E-state index contributed by atoms with van der Waals surface area (Å²) in [5.41, 5.74) is 12.7. The predicted molar refractivity (Wildman–Crippen MR) is 144 cm³/mol. The van der Waals surface area contributed by atoms with Crippen LogP contribution >= 0.6 is 23.9 Å². The highest BCUT2D eigenvalue weighted by atomic mass is 31.3. The van der Waals surface area contributed by atoms with Gasteiger partial charge in [-0.25, -0.2) is 24.4 Å². The fraction of sp³-hybridized carbons (Fsp3) is 0.650. The molecule has 0 bridgehead atoms. The topological polar surface area (TPSA) is 290 Å². The second-order valence-corrected chi connectivity index (χ2v) is 13.3. The third kappa shape index (κ3) is 10.1. The second-order valence-electron chi connectivity index (χ2n) is 9.21. The standard InChI is InChI=1S/C20H33N6O13P3/c21-7-3-1-2-4-8-23-16(28)6-5-13-10-26(20-18(13)19(22)24-12-25-20)17-9-14(27)15(36-17)11-35-40(30)38-42(33,34)39-41(31,32)37-29/h10,12,14-15,17,27H,1-9,11,21H2,(H5-,22,23,24,25,28,29,31,32,33,34)/p+1/t14-,15+,17+/m0/s1. The Kier molecular flexibility index (Phi) is 12.9. The number of phosphoric acid groups is 2. The molecule has 22 heteroatoms. The van der Waals surface area contributed by atoms with Crippen LogP contribution in [0.4, 0.5) is 5.82 Å². The van der Waals surface area contributed by atoms with Crippen molar-refractivity contribution in [1.82, 2.24) is 19.9 Å². The largest absolute Gasteiger partial charge is 0.708 e. The van der Waals surface area contributed by atoms with Crippen LogP contribution in [0.15, 0.2) is 12.5 Å². The van der Waals surface area contributed by atoms with Gasteiger partial charge in [0.05, 0.1) is 11.5 Å². The summed E-state index contributed by atoms with van der Waals surface area (Å²) in [7, 11) is -14.2. The third-order valence-electron chi connectivity index (χ3n) is 6.13. The molecule has 236 valence electrons. The molecule has 0 aromatic carbocycles. The molecule has 2 aromatic rings. The molecule has 9 N–H and O–H groups in total. The van der Waals surface area contributed by atoms with Crippen LogP contribution in [0.2, 0.25) is 0 Å². The molecule has 0 spiro atoms. The zero-order chi connectivity index (χ0) is 30.9. The first-order valence-electron chi connectivity index (χ1n) is 12.8. The van der Waals surface area contributed by atoms with E-state index in [1.54, 1.807) is 10.8 Å². The van der Waals surface area contributed by atoms with Gasteiger partial charge < -0.3 is 36.1 Å². The Bertz CT molecular complexity index is 1330. The summed E-state index contributed by atoms with van der Waals surface area (Å²) in [6, 6.07) is 0. The monoisotopic (exact) mass is 659 g/mol. The van der Waals surface area contributed by atoms with Crippen molar-refractivity contribution in [3.63, 3.8) is 0 Å². The highest BCUT2D eigenvalue weighted by Gasteiger charge is 2.46. The smallest absolute Gasteiger partial charge is 0.390 e. The lowest BCUT2D eigenvalue weighted by atomic mass is 10.1. The van der Waals surface area contributed by atoms with Crippen LogP contribution in [-0.2, 0) is 47.5 Å². The SMILES string of the molecule is NCCCCCCNC(=O)CCc1cn([C@H]2C[C@H](O)[C@@H](CO[P+](=O)OP(=O)(O)OP(=O)(O)OO)O2)c2ncnc(N)c12. The molecule has 3 heterocycles. The van der Waals surface area contributed by atoms with E-state index in [4.69, 9.17) is 30.9 Å². The van der Waals surface area contributed by atoms with E-state index < -0.39 is 48.9 Å². The van der Waals surface area contributed by atoms with E-state index in [0.717, 1.165) is 25.7 Å². The van der Waals surface area contributed by atoms with Crippen LogP contribution in [0.1, 0.15) is 50.3 Å². The van der Waals surface area contributed by atoms with Crippen LogP contribution in [0.25, 0.3) is 11.0 Å². The molecule has 1 saturated heterocycles. The highest BCUT2D eigenvalue weighted by Crippen LogP contribution is 2.63.